The van der Waals surface area contributed by atoms with Crippen molar-refractivity contribution in [3.8, 4) is 5.75 Å². The fourth-order valence-corrected chi connectivity index (χ4v) is 3.60. The molecule has 2 rings (SSSR count). The first-order valence-corrected chi connectivity index (χ1v) is 7.84. The number of ether oxygens (including phenoxy) is 2. The SMILES string of the molecule is COc1ccc(C[C@H]2COCC[C@@H]2S(N)(=O)=O)cc1. The molecule has 0 amide bonds. The van der Waals surface area contributed by atoms with Gasteiger partial charge in [0.25, 0.3) is 0 Å². The summed E-state index contributed by atoms with van der Waals surface area (Å²) in [4.78, 5) is 0. The average Bonchev–Trinajstić information content (AvgIpc) is 2.39. The molecule has 1 aliphatic rings. The van der Waals surface area contributed by atoms with Gasteiger partial charge in [0.2, 0.25) is 10.0 Å². The first-order valence-electron chi connectivity index (χ1n) is 6.23. The van der Waals surface area contributed by atoms with Gasteiger partial charge in [-0.05, 0) is 30.5 Å². The number of sulfonamides is 1. The van der Waals surface area contributed by atoms with Crippen LogP contribution in [0.25, 0.3) is 0 Å². The number of methoxy groups -OCH3 is 1. The number of hydrogen-bond donors (Lipinski definition) is 1. The van der Waals surface area contributed by atoms with E-state index in [1.54, 1.807) is 7.11 Å². The van der Waals surface area contributed by atoms with Crippen molar-refractivity contribution >= 4 is 10.0 Å². The van der Waals surface area contributed by atoms with Gasteiger partial charge in [0.15, 0.2) is 0 Å². The van der Waals surface area contributed by atoms with Gasteiger partial charge in [-0.15, -0.1) is 0 Å². The molecule has 2 N–H and O–H groups in total. The minimum Gasteiger partial charge on any atom is -0.497 e. The lowest BCUT2D eigenvalue weighted by Crippen LogP contribution is -2.42. The highest BCUT2D eigenvalue weighted by Crippen LogP contribution is 2.25. The van der Waals surface area contributed by atoms with E-state index in [2.05, 4.69) is 0 Å². The predicted molar refractivity (Wildman–Crippen MR) is 72.5 cm³/mol. The predicted octanol–water partition coefficient (Wildman–Crippen LogP) is 0.931. The maximum Gasteiger partial charge on any atom is 0.212 e. The number of benzene rings is 1. The molecule has 0 aliphatic carbocycles. The lowest BCUT2D eigenvalue weighted by atomic mass is 9.93. The Labute approximate surface area is 113 Å². The van der Waals surface area contributed by atoms with Crippen LogP contribution in [-0.4, -0.2) is 34.0 Å². The molecule has 6 heteroatoms. The van der Waals surface area contributed by atoms with Crippen molar-refractivity contribution in [1.29, 1.82) is 0 Å². The molecule has 1 aliphatic heterocycles. The van der Waals surface area contributed by atoms with E-state index in [0.29, 0.717) is 26.1 Å². The molecule has 2 atom stereocenters. The van der Waals surface area contributed by atoms with E-state index in [4.69, 9.17) is 14.6 Å². The summed E-state index contributed by atoms with van der Waals surface area (Å²) in [5.74, 6) is 0.698. The Morgan fingerprint density at radius 2 is 2.05 bits per heavy atom. The van der Waals surface area contributed by atoms with Gasteiger partial charge < -0.3 is 9.47 Å². The largest absolute Gasteiger partial charge is 0.497 e. The van der Waals surface area contributed by atoms with Gasteiger partial charge in [0, 0.05) is 12.5 Å². The Morgan fingerprint density at radius 1 is 1.37 bits per heavy atom. The lowest BCUT2D eigenvalue weighted by molar-refractivity contribution is 0.0572. The molecule has 1 aromatic carbocycles. The van der Waals surface area contributed by atoms with Crippen LogP contribution in [0.1, 0.15) is 12.0 Å². The maximum absolute atomic E-state index is 11.6. The van der Waals surface area contributed by atoms with Crippen LogP contribution in [0.5, 0.6) is 5.75 Å². The number of nitrogens with two attached hydrogens (primary N) is 1. The minimum absolute atomic E-state index is 0.0860. The van der Waals surface area contributed by atoms with Gasteiger partial charge in [-0.25, -0.2) is 13.6 Å². The molecule has 0 radical (unpaired) electrons. The highest BCUT2D eigenvalue weighted by Gasteiger charge is 2.33. The van der Waals surface area contributed by atoms with Crippen molar-refractivity contribution < 1.29 is 17.9 Å². The van der Waals surface area contributed by atoms with Crippen molar-refractivity contribution in [1.82, 2.24) is 0 Å². The smallest absolute Gasteiger partial charge is 0.212 e. The molecule has 0 aromatic heterocycles. The van der Waals surface area contributed by atoms with Crippen molar-refractivity contribution in [2.24, 2.45) is 11.1 Å². The second-order valence-electron chi connectivity index (χ2n) is 4.80. The molecule has 5 nitrogen and oxygen atoms in total. The van der Waals surface area contributed by atoms with Crippen LogP contribution in [0.4, 0.5) is 0 Å². The van der Waals surface area contributed by atoms with Gasteiger partial charge in [-0.3, -0.25) is 0 Å². The molecule has 106 valence electrons. The molecule has 0 bridgehead atoms. The van der Waals surface area contributed by atoms with E-state index in [1.807, 2.05) is 24.3 Å². The summed E-state index contributed by atoms with van der Waals surface area (Å²) in [6, 6.07) is 7.61. The van der Waals surface area contributed by atoms with Crippen molar-refractivity contribution in [2.45, 2.75) is 18.1 Å². The zero-order chi connectivity index (χ0) is 13.9. The van der Waals surface area contributed by atoms with Crippen LogP contribution in [0.15, 0.2) is 24.3 Å². The maximum atomic E-state index is 11.6. The zero-order valence-corrected chi connectivity index (χ0v) is 11.7. The molecule has 0 spiro atoms. The van der Waals surface area contributed by atoms with Gasteiger partial charge >= 0.3 is 0 Å². The summed E-state index contributed by atoms with van der Waals surface area (Å²) in [5.41, 5.74) is 1.06. The highest BCUT2D eigenvalue weighted by molar-refractivity contribution is 7.89. The van der Waals surface area contributed by atoms with Crippen LogP contribution in [-0.2, 0) is 21.2 Å². The number of primary sulfonamides is 1. The Hall–Kier alpha value is -1.11. The zero-order valence-electron chi connectivity index (χ0n) is 10.9. The van der Waals surface area contributed by atoms with E-state index in [1.165, 1.54) is 0 Å². The second kappa shape index (κ2) is 5.90. The molecule has 1 heterocycles. The van der Waals surface area contributed by atoms with Crippen molar-refractivity contribution in [3.05, 3.63) is 29.8 Å². The highest BCUT2D eigenvalue weighted by atomic mass is 32.2. The quantitative estimate of drug-likeness (QED) is 0.892. The third kappa shape index (κ3) is 3.68. The molecule has 1 fully saturated rings. The second-order valence-corrected chi connectivity index (χ2v) is 6.59. The van der Waals surface area contributed by atoms with E-state index in [0.717, 1.165) is 11.3 Å². The summed E-state index contributed by atoms with van der Waals surface area (Å²) >= 11 is 0. The van der Waals surface area contributed by atoms with Crippen LogP contribution in [0.2, 0.25) is 0 Å². The fourth-order valence-electron chi connectivity index (χ4n) is 2.46. The Bertz CT molecular complexity index is 512. The first kappa shape index (κ1) is 14.3. The van der Waals surface area contributed by atoms with Crippen molar-refractivity contribution in [2.75, 3.05) is 20.3 Å². The summed E-state index contributed by atoms with van der Waals surface area (Å²) in [6.45, 7) is 0.896. The van der Waals surface area contributed by atoms with E-state index in [9.17, 15) is 8.42 Å². The van der Waals surface area contributed by atoms with E-state index < -0.39 is 15.3 Å². The van der Waals surface area contributed by atoms with Gasteiger partial charge in [-0.2, -0.15) is 0 Å². The fraction of sp³-hybridized carbons (Fsp3) is 0.538. The summed E-state index contributed by atoms with van der Waals surface area (Å²) in [7, 11) is -1.90. The van der Waals surface area contributed by atoms with Gasteiger partial charge in [0.05, 0.1) is 19.0 Å². The van der Waals surface area contributed by atoms with Gasteiger partial charge in [0.1, 0.15) is 5.75 Å². The Morgan fingerprint density at radius 3 is 2.63 bits per heavy atom. The third-order valence-electron chi connectivity index (χ3n) is 3.48. The van der Waals surface area contributed by atoms with Crippen LogP contribution < -0.4 is 9.88 Å². The molecular weight excluding hydrogens is 266 g/mol. The first-order chi connectivity index (χ1) is 9.00. The molecule has 1 saturated heterocycles. The number of rotatable bonds is 4. The van der Waals surface area contributed by atoms with Crippen LogP contribution in [0, 0.1) is 5.92 Å². The molecule has 1 aromatic rings. The minimum atomic E-state index is -3.51. The standard InChI is InChI=1S/C13H19NO4S/c1-17-12-4-2-10(3-5-12)8-11-9-18-7-6-13(11)19(14,15)16/h2-5,11,13H,6-9H2,1H3,(H2,14,15,16)/t11-,13-/m0/s1. The topological polar surface area (TPSA) is 78.6 Å². The lowest BCUT2D eigenvalue weighted by Gasteiger charge is -2.29. The summed E-state index contributed by atoms with van der Waals surface area (Å²) in [6.07, 6.45) is 1.12. The van der Waals surface area contributed by atoms with Gasteiger partial charge in [-0.1, -0.05) is 12.1 Å². The monoisotopic (exact) mass is 285 g/mol. The van der Waals surface area contributed by atoms with E-state index in [-0.39, 0.29) is 5.92 Å². The van der Waals surface area contributed by atoms with Crippen LogP contribution >= 0.6 is 0 Å². The number of hydrogen-bond acceptors (Lipinski definition) is 4. The average molecular weight is 285 g/mol. The van der Waals surface area contributed by atoms with Crippen LogP contribution in [0.3, 0.4) is 0 Å². The normalized spacial score (nSPS) is 24.1. The summed E-state index contributed by atoms with van der Waals surface area (Å²) < 4.78 is 33.7. The van der Waals surface area contributed by atoms with Crippen molar-refractivity contribution in [3.63, 3.8) is 0 Å². The third-order valence-corrected chi connectivity index (χ3v) is 4.95. The molecule has 0 saturated carbocycles. The molecule has 0 unspecified atom stereocenters. The Kier molecular flexibility index (Phi) is 4.44. The molecular formula is C13H19NO4S. The molecule has 19 heavy (non-hydrogen) atoms. The van der Waals surface area contributed by atoms with E-state index >= 15 is 0 Å². The summed E-state index contributed by atoms with van der Waals surface area (Å²) in [5, 5.41) is 4.79. The Balaban J connectivity index is 2.10.